The first-order chi connectivity index (χ1) is 10.6. The van der Waals surface area contributed by atoms with Gasteiger partial charge in [-0.05, 0) is 37.0 Å². The van der Waals surface area contributed by atoms with Crippen LogP contribution in [0.2, 0.25) is 0 Å². The van der Waals surface area contributed by atoms with Crippen molar-refractivity contribution >= 4 is 11.7 Å². The summed E-state index contributed by atoms with van der Waals surface area (Å²) in [6.45, 7) is 0. The highest BCUT2D eigenvalue weighted by molar-refractivity contribution is 5.96. The van der Waals surface area contributed by atoms with E-state index in [2.05, 4.69) is 15.3 Å². The predicted octanol–water partition coefficient (Wildman–Crippen LogP) is 2.22. The standard InChI is InChI=1S/C15H14F2N4O/c16-9-3-4-11(17)10(7-9)12(8-1-2-8)21-15(22)13-14(18)20-6-5-19-13/h3-8,12H,1-2H2,(H2,18,20)(H,21,22). The Morgan fingerprint density at radius 1 is 1.27 bits per heavy atom. The lowest BCUT2D eigenvalue weighted by atomic mass is 10.0. The molecule has 1 aromatic heterocycles. The maximum absolute atomic E-state index is 14.0. The lowest BCUT2D eigenvalue weighted by Gasteiger charge is -2.19. The molecule has 0 radical (unpaired) electrons. The van der Waals surface area contributed by atoms with Gasteiger partial charge in [-0.1, -0.05) is 0 Å². The van der Waals surface area contributed by atoms with Crippen molar-refractivity contribution in [1.29, 1.82) is 0 Å². The van der Waals surface area contributed by atoms with Crippen molar-refractivity contribution in [1.82, 2.24) is 15.3 Å². The highest BCUT2D eigenvalue weighted by Crippen LogP contribution is 2.42. The predicted molar refractivity (Wildman–Crippen MR) is 75.7 cm³/mol. The van der Waals surface area contributed by atoms with Gasteiger partial charge in [0.2, 0.25) is 0 Å². The maximum Gasteiger partial charge on any atom is 0.274 e. The molecule has 0 spiro atoms. The van der Waals surface area contributed by atoms with Gasteiger partial charge in [-0.2, -0.15) is 0 Å². The molecule has 2 aromatic rings. The van der Waals surface area contributed by atoms with Crippen molar-refractivity contribution in [2.24, 2.45) is 5.92 Å². The lowest BCUT2D eigenvalue weighted by molar-refractivity contribution is 0.0926. The van der Waals surface area contributed by atoms with Crippen molar-refractivity contribution in [3.05, 3.63) is 53.5 Å². The van der Waals surface area contributed by atoms with E-state index >= 15 is 0 Å². The molecular formula is C15H14F2N4O. The summed E-state index contributed by atoms with van der Waals surface area (Å²) in [4.78, 5) is 19.9. The molecule has 114 valence electrons. The van der Waals surface area contributed by atoms with E-state index in [1.807, 2.05) is 0 Å². The fourth-order valence-electron chi connectivity index (χ4n) is 2.37. The molecule has 0 bridgehead atoms. The Labute approximate surface area is 125 Å². The highest BCUT2D eigenvalue weighted by atomic mass is 19.1. The van der Waals surface area contributed by atoms with Crippen molar-refractivity contribution in [3.8, 4) is 0 Å². The van der Waals surface area contributed by atoms with E-state index in [9.17, 15) is 13.6 Å². The molecule has 3 N–H and O–H groups in total. The van der Waals surface area contributed by atoms with Gasteiger partial charge in [0.25, 0.3) is 5.91 Å². The molecule has 1 amide bonds. The third-order valence-electron chi connectivity index (χ3n) is 3.61. The summed E-state index contributed by atoms with van der Waals surface area (Å²) < 4.78 is 27.4. The fourth-order valence-corrected chi connectivity index (χ4v) is 2.37. The third kappa shape index (κ3) is 2.88. The van der Waals surface area contributed by atoms with Crippen LogP contribution in [0.25, 0.3) is 0 Å². The van der Waals surface area contributed by atoms with E-state index in [4.69, 9.17) is 5.73 Å². The molecule has 1 aliphatic rings. The topological polar surface area (TPSA) is 80.9 Å². The summed E-state index contributed by atoms with van der Waals surface area (Å²) in [5, 5.41) is 2.69. The number of carbonyl (C=O) groups is 1. The van der Waals surface area contributed by atoms with Crippen LogP contribution in [0.15, 0.2) is 30.6 Å². The molecule has 0 aliphatic heterocycles. The SMILES string of the molecule is Nc1nccnc1C(=O)NC(c1cc(F)ccc1F)C1CC1. The van der Waals surface area contributed by atoms with Gasteiger partial charge in [0, 0.05) is 18.0 Å². The number of nitrogens with one attached hydrogen (secondary N) is 1. The smallest absolute Gasteiger partial charge is 0.274 e. The number of aromatic nitrogens is 2. The normalized spacial score (nSPS) is 15.4. The van der Waals surface area contributed by atoms with Crippen LogP contribution in [-0.2, 0) is 0 Å². The molecule has 1 aromatic carbocycles. The lowest BCUT2D eigenvalue weighted by Crippen LogP contribution is -2.32. The molecule has 1 heterocycles. The van der Waals surface area contributed by atoms with Crippen LogP contribution in [0.5, 0.6) is 0 Å². The van der Waals surface area contributed by atoms with Crippen LogP contribution in [-0.4, -0.2) is 15.9 Å². The first kappa shape index (κ1) is 14.4. The van der Waals surface area contributed by atoms with Crippen LogP contribution in [0.3, 0.4) is 0 Å². The van der Waals surface area contributed by atoms with E-state index in [-0.39, 0.29) is 23.0 Å². The van der Waals surface area contributed by atoms with E-state index in [1.165, 1.54) is 12.4 Å². The first-order valence-electron chi connectivity index (χ1n) is 6.88. The Kier molecular flexibility index (Phi) is 3.70. The Morgan fingerprint density at radius 2 is 2.00 bits per heavy atom. The Bertz CT molecular complexity index is 718. The maximum atomic E-state index is 14.0. The van der Waals surface area contributed by atoms with Crippen LogP contribution in [0, 0.1) is 17.6 Å². The summed E-state index contributed by atoms with van der Waals surface area (Å²) in [6, 6.07) is 2.61. The average molecular weight is 304 g/mol. The van der Waals surface area contributed by atoms with Crippen LogP contribution < -0.4 is 11.1 Å². The summed E-state index contributed by atoms with van der Waals surface area (Å²) in [6.07, 6.45) is 4.41. The number of hydrogen-bond donors (Lipinski definition) is 2. The van der Waals surface area contributed by atoms with Crippen molar-refractivity contribution in [3.63, 3.8) is 0 Å². The molecule has 1 aliphatic carbocycles. The summed E-state index contributed by atoms with van der Waals surface area (Å²) in [7, 11) is 0. The number of hydrogen-bond acceptors (Lipinski definition) is 4. The van der Waals surface area contributed by atoms with Crippen molar-refractivity contribution < 1.29 is 13.6 Å². The van der Waals surface area contributed by atoms with Gasteiger partial charge in [0.15, 0.2) is 11.5 Å². The van der Waals surface area contributed by atoms with Crippen LogP contribution in [0.1, 0.15) is 34.9 Å². The number of carbonyl (C=O) groups excluding carboxylic acids is 1. The fraction of sp³-hybridized carbons (Fsp3) is 0.267. The molecule has 7 heteroatoms. The van der Waals surface area contributed by atoms with Crippen molar-refractivity contribution in [2.75, 3.05) is 5.73 Å². The quantitative estimate of drug-likeness (QED) is 0.907. The number of nitrogens with zero attached hydrogens (tertiary/aromatic N) is 2. The third-order valence-corrected chi connectivity index (χ3v) is 3.61. The second kappa shape index (κ2) is 5.67. The number of halogens is 2. The number of rotatable bonds is 4. The average Bonchev–Trinajstić information content (AvgIpc) is 3.32. The molecular weight excluding hydrogens is 290 g/mol. The Morgan fingerprint density at radius 3 is 2.68 bits per heavy atom. The molecule has 1 unspecified atom stereocenters. The molecule has 1 saturated carbocycles. The zero-order valence-electron chi connectivity index (χ0n) is 11.6. The molecule has 5 nitrogen and oxygen atoms in total. The highest BCUT2D eigenvalue weighted by Gasteiger charge is 2.35. The monoisotopic (exact) mass is 304 g/mol. The molecule has 1 atom stereocenters. The minimum absolute atomic E-state index is 0.00531. The van der Waals surface area contributed by atoms with Gasteiger partial charge in [-0.3, -0.25) is 4.79 Å². The van der Waals surface area contributed by atoms with Gasteiger partial charge in [-0.25, -0.2) is 18.7 Å². The van der Waals surface area contributed by atoms with Gasteiger partial charge in [0.05, 0.1) is 6.04 Å². The van der Waals surface area contributed by atoms with E-state index in [1.54, 1.807) is 0 Å². The van der Waals surface area contributed by atoms with Crippen molar-refractivity contribution in [2.45, 2.75) is 18.9 Å². The van der Waals surface area contributed by atoms with Crippen LogP contribution >= 0.6 is 0 Å². The van der Waals surface area contributed by atoms with Gasteiger partial charge in [0.1, 0.15) is 11.6 Å². The van der Waals surface area contributed by atoms with Gasteiger partial charge in [-0.15, -0.1) is 0 Å². The zero-order valence-corrected chi connectivity index (χ0v) is 11.6. The number of amides is 1. The Hall–Kier alpha value is -2.57. The summed E-state index contributed by atoms with van der Waals surface area (Å²) in [5.41, 5.74) is 5.73. The molecule has 22 heavy (non-hydrogen) atoms. The molecule has 0 saturated heterocycles. The summed E-state index contributed by atoms with van der Waals surface area (Å²) in [5.74, 6) is -1.57. The van der Waals surface area contributed by atoms with Crippen LogP contribution in [0.4, 0.5) is 14.6 Å². The number of nitrogen functional groups attached to an aromatic ring is 1. The molecule has 1 fully saturated rings. The minimum atomic E-state index is -0.607. The minimum Gasteiger partial charge on any atom is -0.382 e. The molecule has 3 rings (SSSR count). The van der Waals surface area contributed by atoms with Gasteiger partial charge >= 0.3 is 0 Å². The van der Waals surface area contributed by atoms with E-state index in [0.29, 0.717) is 0 Å². The van der Waals surface area contributed by atoms with Gasteiger partial charge < -0.3 is 11.1 Å². The second-order valence-corrected chi connectivity index (χ2v) is 5.24. The van der Waals surface area contributed by atoms with E-state index in [0.717, 1.165) is 31.0 Å². The first-order valence-corrected chi connectivity index (χ1v) is 6.88. The largest absolute Gasteiger partial charge is 0.382 e. The second-order valence-electron chi connectivity index (χ2n) is 5.24. The number of anilines is 1. The number of benzene rings is 1. The van der Waals surface area contributed by atoms with E-state index < -0.39 is 23.6 Å². The summed E-state index contributed by atoms with van der Waals surface area (Å²) >= 11 is 0. The zero-order chi connectivity index (χ0) is 15.7. The Balaban J connectivity index is 1.88. The number of nitrogens with two attached hydrogens (primary N) is 1.